The molecule has 6 nitrogen and oxygen atoms in total. The van der Waals surface area contributed by atoms with E-state index in [9.17, 15) is 4.79 Å². The summed E-state index contributed by atoms with van der Waals surface area (Å²) < 4.78 is 3.33. The molecule has 0 fully saturated rings. The maximum absolute atomic E-state index is 11.8. The van der Waals surface area contributed by atoms with Crippen LogP contribution >= 0.6 is 11.6 Å². The number of nitrogens with zero attached hydrogens (tertiary/aromatic N) is 4. The molecule has 1 amide bonds. The molecule has 2 rings (SSSR count). The Bertz CT molecular complexity index is 601. The van der Waals surface area contributed by atoms with Crippen molar-refractivity contribution in [3.63, 3.8) is 0 Å². The number of aromatic nitrogens is 4. The van der Waals surface area contributed by atoms with Crippen molar-refractivity contribution in [2.45, 2.75) is 26.9 Å². The van der Waals surface area contributed by atoms with Gasteiger partial charge in [-0.2, -0.15) is 10.2 Å². The highest BCUT2D eigenvalue weighted by molar-refractivity contribution is 6.31. The first-order valence-electron chi connectivity index (χ1n) is 5.91. The third-order valence-corrected chi connectivity index (χ3v) is 3.27. The van der Waals surface area contributed by atoms with E-state index in [-0.39, 0.29) is 12.5 Å². The molecule has 0 aliphatic carbocycles. The van der Waals surface area contributed by atoms with Gasteiger partial charge in [0.25, 0.3) is 0 Å². The first-order chi connectivity index (χ1) is 8.97. The lowest BCUT2D eigenvalue weighted by atomic mass is 10.3. The Hall–Kier alpha value is -1.82. The molecular formula is C12H16ClN5O. The zero-order valence-corrected chi connectivity index (χ0v) is 11.9. The van der Waals surface area contributed by atoms with Crippen LogP contribution in [0.3, 0.4) is 0 Å². The standard InChI is InChI=1S/C12H16ClN5O/c1-8-4-10(17(3)16-8)5-14-12(19)7-18-9(2)11(13)6-15-18/h4,6H,5,7H2,1-3H3,(H,14,19). The zero-order valence-electron chi connectivity index (χ0n) is 11.1. The smallest absolute Gasteiger partial charge is 0.242 e. The van der Waals surface area contributed by atoms with E-state index in [2.05, 4.69) is 15.5 Å². The van der Waals surface area contributed by atoms with Gasteiger partial charge in [-0.1, -0.05) is 11.6 Å². The van der Waals surface area contributed by atoms with E-state index < -0.39 is 0 Å². The van der Waals surface area contributed by atoms with E-state index in [1.807, 2.05) is 27.0 Å². The van der Waals surface area contributed by atoms with Crippen molar-refractivity contribution in [2.24, 2.45) is 7.05 Å². The van der Waals surface area contributed by atoms with Crippen LogP contribution in [0.1, 0.15) is 17.1 Å². The average Bonchev–Trinajstić information content (AvgIpc) is 2.83. The molecule has 0 aliphatic heterocycles. The third-order valence-electron chi connectivity index (χ3n) is 2.90. The summed E-state index contributed by atoms with van der Waals surface area (Å²) >= 11 is 5.88. The summed E-state index contributed by atoms with van der Waals surface area (Å²) in [7, 11) is 1.85. The number of hydrogen-bond donors (Lipinski definition) is 1. The molecule has 19 heavy (non-hydrogen) atoms. The van der Waals surface area contributed by atoms with Crippen LogP contribution in [0, 0.1) is 13.8 Å². The summed E-state index contributed by atoms with van der Waals surface area (Å²) in [5, 5.41) is 11.7. The summed E-state index contributed by atoms with van der Waals surface area (Å²) in [6, 6.07) is 1.94. The van der Waals surface area contributed by atoms with E-state index in [1.54, 1.807) is 9.36 Å². The summed E-state index contributed by atoms with van der Waals surface area (Å²) in [5.74, 6) is -0.110. The molecule has 0 radical (unpaired) electrons. The molecular weight excluding hydrogens is 266 g/mol. The quantitative estimate of drug-likeness (QED) is 0.916. The van der Waals surface area contributed by atoms with E-state index in [1.165, 1.54) is 6.20 Å². The van der Waals surface area contributed by atoms with Crippen LogP contribution < -0.4 is 5.32 Å². The Morgan fingerprint density at radius 3 is 2.74 bits per heavy atom. The Morgan fingerprint density at radius 1 is 1.47 bits per heavy atom. The zero-order chi connectivity index (χ0) is 14.0. The number of amides is 1. The Kier molecular flexibility index (Phi) is 3.90. The van der Waals surface area contributed by atoms with Crippen LogP contribution in [0.4, 0.5) is 0 Å². The minimum absolute atomic E-state index is 0.110. The lowest BCUT2D eigenvalue weighted by Crippen LogP contribution is -2.28. The van der Waals surface area contributed by atoms with Gasteiger partial charge in [0.1, 0.15) is 6.54 Å². The summed E-state index contributed by atoms with van der Waals surface area (Å²) in [6.45, 7) is 4.35. The monoisotopic (exact) mass is 281 g/mol. The molecule has 0 saturated heterocycles. The van der Waals surface area contributed by atoms with Crippen molar-refractivity contribution in [2.75, 3.05) is 0 Å². The highest BCUT2D eigenvalue weighted by Crippen LogP contribution is 2.12. The average molecular weight is 282 g/mol. The van der Waals surface area contributed by atoms with Gasteiger partial charge < -0.3 is 5.32 Å². The van der Waals surface area contributed by atoms with Crippen LogP contribution in [0.25, 0.3) is 0 Å². The number of rotatable bonds is 4. The predicted octanol–water partition coefficient (Wildman–Crippen LogP) is 1.20. The van der Waals surface area contributed by atoms with Crippen molar-refractivity contribution in [1.29, 1.82) is 0 Å². The fourth-order valence-electron chi connectivity index (χ4n) is 1.79. The summed E-state index contributed by atoms with van der Waals surface area (Å²) in [4.78, 5) is 11.8. The topological polar surface area (TPSA) is 64.7 Å². The van der Waals surface area contributed by atoms with Gasteiger partial charge >= 0.3 is 0 Å². The number of halogens is 1. The van der Waals surface area contributed by atoms with Crippen LogP contribution in [0.2, 0.25) is 5.02 Å². The number of aryl methyl sites for hydroxylation is 2. The molecule has 1 N–H and O–H groups in total. The van der Waals surface area contributed by atoms with Crippen LogP contribution in [0.15, 0.2) is 12.3 Å². The first kappa shape index (κ1) is 13.6. The molecule has 102 valence electrons. The van der Waals surface area contributed by atoms with Crippen LogP contribution in [0.5, 0.6) is 0 Å². The fourth-order valence-corrected chi connectivity index (χ4v) is 1.94. The maximum Gasteiger partial charge on any atom is 0.242 e. The lowest BCUT2D eigenvalue weighted by molar-refractivity contribution is -0.122. The van der Waals surface area contributed by atoms with Crippen molar-refractivity contribution >= 4 is 17.5 Å². The van der Waals surface area contributed by atoms with Crippen LogP contribution in [-0.4, -0.2) is 25.5 Å². The van der Waals surface area contributed by atoms with Crippen molar-refractivity contribution in [3.05, 3.63) is 34.4 Å². The van der Waals surface area contributed by atoms with E-state index >= 15 is 0 Å². The second-order valence-electron chi connectivity index (χ2n) is 4.41. The number of hydrogen-bond acceptors (Lipinski definition) is 3. The van der Waals surface area contributed by atoms with Crippen molar-refractivity contribution in [3.8, 4) is 0 Å². The van der Waals surface area contributed by atoms with E-state index in [0.29, 0.717) is 11.6 Å². The number of nitrogens with one attached hydrogen (secondary N) is 1. The molecule has 0 spiro atoms. The molecule has 7 heteroatoms. The molecule has 2 aromatic rings. The number of carbonyl (C=O) groups excluding carboxylic acids is 1. The minimum Gasteiger partial charge on any atom is -0.349 e. The molecule has 0 atom stereocenters. The van der Waals surface area contributed by atoms with Gasteiger partial charge in [0.2, 0.25) is 5.91 Å². The van der Waals surface area contributed by atoms with Gasteiger partial charge in [-0.3, -0.25) is 14.2 Å². The second-order valence-corrected chi connectivity index (χ2v) is 4.82. The van der Waals surface area contributed by atoms with Gasteiger partial charge in [-0.05, 0) is 19.9 Å². The predicted molar refractivity (Wildman–Crippen MR) is 71.8 cm³/mol. The highest BCUT2D eigenvalue weighted by atomic mass is 35.5. The minimum atomic E-state index is -0.110. The molecule has 2 heterocycles. The molecule has 0 bridgehead atoms. The normalized spacial score (nSPS) is 10.7. The third kappa shape index (κ3) is 3.14. The maximum atomic E-state index is 11.8. The fraction of sp³-hybridized carbons (Fsp3) is 0.417. The molecule has 0 saturated carbocycles. The Labute approximate surface area is 116 Å². The van der Waals surface area contributed by atoms with Gasteiger partial charge in [-0.15, -0.1) is 0 Å². The van der Waals surface area contributed by atoms with E-state index in [4.69, 9.17) is 11.6 Å². The Balaban J connectivity index is 1.92. The molecule has 2 aromatic heterocycles. The SMILES string of the molecule is Cc1cc(CNC(=O)Cn2ncc(Cl)c2C)n(C)n1. The van der Waals surface area contributed by atoms with Gasteiger partial charge in [0.15, 0.2) is 0 Å². The Morgan fingerprint density at radius 2 is 2.21 bits per heavy atom. The number of carbonyl (C=O) groups is 1. The summed E-state index contributed by atoms with van der Waals surface area (Å²) in [5.41, 5.74) is 2.68. The van der Waals surface area contributed by atoms with Crippen molar-refractivity contribution in [1.82, 2.24) is 24.9 Å². The lowest BCUT2D eigenvalue weighted by Gasteiger charge is -2.07. The molecule has 0 aromatic carbocycles. The molecule has 0 aliphatic rings. The van der Waals surface area contributed by atoms with E-state index in [0.717, 1.165) is 17.1 Å². The first-order valence-corrected chi connectivity index (χ1v) is 6.29. The molecule has 0 unspecified atom stereocenters. The summed E-state index contributed by atoms with van der Waals surface area (Å²) in [6.07, 6.45) is 1.54. The van der Waals surface area contributed by atoms with Crippen molar-refractivity contribution < 1.29 is 4.79 Å². The largest absolute Gasteiger partial charge is 0.349 e. The van der Waals surface area contributed by atoms with Crippen LogP contribution in [-0.2, 0) is 24.9 Å². The highest BCUT2D eigenvalue weighted by Gasteiger charge is 2.09. The van der Waals surface area contributed by atoms with Gasteiger partial charge in [0.05, 0.1) is 34.8 Å². The second kappa shape index (κ2) is 5.44. The van der Waals surface area contributed by atoms with Gasteiger partial charge in [-0.25, -0.2) is 0 Å². The van der Waals surface area contributed by atoms with Gasteiger partial charge in [0, 0.05) is 7.05 Å².